The number of aliphatic hydroxyl groups is 1. The Balaban J connectivity index is 1.55. The molecule has 8 nitrogen and oxygen atoms in total. The number of nitrogens with zero attached hydrogens (tertiary/aromatic N) is 4. The van der Waals surface area contributed by atoms with Crippen LogP contribution in [0.4, 0.5) is 10.2 Å². The second-order valence-electron chi connectivity index (χ2n) is 9.10. The molecule has 2 aliphatic rings. The fourth-order valence-corrected chi connectivity index (χ4v) is 3.64. The van der Waals surface area contributed by atoms with Gasteiger partial charge in [0, 0.05) is 36.1 Å². The highest BCUT2D eigenvalue weighted by Gasteiger charge is 2.25. The molecule has 0 bridgehead atoms. The number of fused-ring (bicyclic) bond motifs is 1. The molecule has 3 N–H and O–H groups in total. The van der Waals surface area contributed by atoms with Crippen LogP contribution in [0.1, 0.15) is 42.7 Å². The lowest BCUT2D eigenvalue weighted by Gasteiger charge is -2.19. The first kappa shape index (κ1) is 21.3. The summed E-state index contributed by atoms with van der Waals surface area (Å²) in [5.41, 5.74) is 2.54. The third-order valence-electron chi connectivity index (χ3n) is 5.57. The Kier molecular flexibility index (Phi) is 5.20. The molecule has 1 aliphatic heterocycles. The number of halogens is 1. The van der Waals surface area contributed by atoms with Crippen molar-refractivity contribution >= 4 is 29.2 Å². The van der Waals surface area contributed by atoms with Gasteiger partial charge in [-0.3, -0.25) is 14.2 Å². The number of aliphatic imine (C=N–C) groups is 1. The average molecular weight is 449 g/mol. The highest BCUT2D eigenvalue weighted by molar-refractivity contribution is 5.95. The van der Waals surface area contributed by atoms with Gasteiger partial charge in [-0.15, -0.1) is 0 Å². The van der Waals surface area contributed by atoms with Crippen molar-refractivity contribution in [3.8, 4) is 11.3 Å². The van der Waals surface area contributed by atoms with Gasteiger partial charge in [-0.05, 0) is 44.9 Å². The van der Waals surface area contributed by atoms with E-state index in [1.165, 1.54) is 12.1 Å². The molecule has 1 aromatic carbocycles. The molecule has 1 saturated carbocycles. The second kappa shape index (κ2) is 8.08. The number of benzene rings is 1. The van der Waals surface area contributed by atoms with Crippen LogP contribution in [0.15, 0.2) is 41.7 Å². The summed E-state index contributed by atoms with van der Waals surface area (Å²) in [7, 11) is 0. The van der Waals surface area contributed by atoms with Crippen LogP contribution in [0.25, 0.3) is 22.5 Å². The summed E-state index contributed by atoms with van der Waals surface area (Å²) >= 11 is 0. The second-order valence-corrected chi connectivity index (χ2v) is 9.10. The predicted octanol–water partition coefficient (Wildman–Crippen LogP) is 3.08. The largest absolute Gasteiger partial charge is 0.389 e. The van der Waals surface area contributed by atoms with Gasteiger partial charge in [0.2, 0.25) is 0 Å². The van der Waals surface area contributed by atoms with Crippen LogP contribution >= 0.6 is 0 Å². The molecule has 0 atom stereocenters. The molecular weight excluding hydrogens is 423 g/mol. The number of hydrogen-bond donors (Lipinski definition) is 3. The first-order chi connectivity index (χ1) is 15.8. The minimum atomic E-state index is -0.945. The summed E-state index contributed by atoms with van der Waals surface area (Å²) in [6.07, 6.45) is 9.01. The SMILES string of the molecule is CC(C)(O)CNc1nc(C2=CC=NC2)cn2c(-c3ccc(C(=O)NC4CC4)c(F)c3)cnc12. The van der Waals surface area contributed by atoms with E-state index in [1.807, 2.05) is 16.7 Å². The fourth-order valence-electron chi connectivity index (χ4n) is 3.64. The van der Waals surface area contributed by atoms with Gasteiger partial charge < -0.3 is 15.7 Å². The topological polar surface area (TPSA) is 104 Å². The maximum absolute atomic E-state index is 14.9. The van der Waals surface area contributed by atoms with Crippen LogP contribution in [-0.2, 0) is 0 Å². The van der Waals surface area contributed by atoms with Crippen molar-refractivity contribution in [1.82, 2.24) is 19.7 Å². The van der Waals surface area contributed by atoms with E-state index in [9.17, 15) is 14.3 Å². The van der Waals surface area contributed by atoms with Crippen LogP contribution in [0.5, 0.6) is 0 Å². The van der Waals surface area contributed by atoms with Gasteiger partial charge in [-0.1, -0.05) is 6.07 Å². The van der Waals surface area contributed by atoms with Crippen LogP contribution < -0.4 is 10.6 Å². The van der Waals surface area contributed by atoms with Crippen molar-refractivity contribution in [2.24, 2.45) is 4.99 Å². The summed E-state index contributed by atoms with van der Waals surface area (Å²) in [6, 6.07) is 4.73. The molecule has 5 rings (SSSR count). The highest BCUT2D eigenvalue weighted by atomic mass is 19.1. The Morgan fingerprint density at radius 1 is 1.33 bits per heavy atom. The number of nitrogens with one attached hydrogen (secondary N) is 2. The minimum Gasteiger partial charge on any atom is -0.389 e. The molecule has 0 saturated heterocycles. The molecule has 170 valence electrons. The number of amides is 1. The Labute approximate surface area is 190 Å². The number of allylic oxidation sites excluding steroid dienone is 1. The number of anilines is 1. The first-order valence-corrected chi connectivity index (χ1v) is 10.9. The number of aromatic nitrogens is 3. The van der Waals surface area contributed by atoms with E-state index in [2.05, 4.69) is 20.6 Å². The summed E-state index contributed by atoms with van der Waals surface area (Å²) in [5.74, 6) is -0.464. The number of carbonyl (C=O) groups excluding carboxylic acids is 1. The van der Waals surface area contributed by atoms with Crippen LogP contribution in [0, 0.1) is 5.82 Å². The molecule has 0 spiro atoms. The zero-order valence-corrected chi connectivity index (χ0v) is 18.5. The smallest absolute Gasteiger partial charge is 0.254 e. The van der Waals surface area contributed by atoms with Gasteiger partial charge in [-0.25, -0.2) is 14.4 Å². The van der Waals surface area contributed by atoms with Gasteiger partial charge >= 0.3 is 0 Å². The maximum atomic E-state index is 14.9. The third kappa shape index (κ3) is 4.49. The zero-order valence-electron chi connectivity index (χ0n) is 18.5. The van der Waals surface area contributed by atoms with Gasteiger partial charge in [0.05, 0.1) is 35.3 Å². The van der Waals surface area contributed by atoms with E-state index < -0.39 is 17.3 Å². The summed E-state index contributed by atoms with van der Waals surface area (Å²) < 4.78 is 16.7. The number of carbonyl (C=O) groups is 1. The fraction of sp³-hybridized carbons (Fsp3) is 0.333. The number of hydrogen-bond acceptors (Lipinski definition) is 6. The number of imidazole rings is 1. The van der Waals surface area contributed by atoms with Crippen molar-refractivity contribution in [3.63, 3.8) is 0 Å². The minimum absolute atomic E-state index is 0.0302. The van der Waals surface area contributed by atoms with E-state index in [4.69, 9.17) is 4.98 Å². The van der Waals surface area contributed by atoms with E-state index in [0.717, 1.165) is 18.4 Å². The highest BCUT2D eigenvalue weighted by Crippen LogP contribution is 2.28. The quantitative estimate of drug-likeness (QED) is 0.515. The molecular formula is C24H25FN6O2. The average Bonchev–Trinajstić information content (AvgIpc) is 3.24. The lowest BCUT2D eigenvalue weighted by atomic mass is 10.1. The molecule has 1 fully saturated rings. The van der Waals surface area contributed by atoms with E-state index >= 15 is 0 Å². The molecule has 0 radical (unpaired) electrons. The van der Waals surface area contributed by atoms with Gasteiger partial charge in [-0.2, -0.15) is 0 Å². The third-order valence-corrected chi connectivity index (χ3v) is 5.57. The number of rotatable bonds is 7. The lowest BCUT2D eigenvalue weighted by molar-refractivity contribution is 0.0938. The molecule has 9 heteroatoms. The zero-order chi connectivity index (χ0) is 23.2. The molecule has 1 aliphatic carbocycles. The first-order valence-electron chi connectivity index (χ1n) is 10.9. The molecule has 33 heavy (non-hydrogen) atoms. The summed E-state index contributed by atoms with van der Waals surface area (Å²) in [6.45, 7) is 4.20. The van der Waals surface area contributed by atoms with Crippen molar-refractivity contribution in [2.45, 2.75) is 38.3 Å². The monoisotopic (exact) mass is 448 g/mol. The van der Waals surface area contributed by atoms with Gasteiger partial charge in [0.15, 0.2) is 11.5 Å². The van der Waals surface area contributed by atoms with Gasteiger partial charge in [0.25, 0.3) is 5.91 Å². The predicted molar refractivity (Wildman–Crippen MR) is 125 cm³/mol. The molecule has 1 amide bonds. The Morgan fingerprint density at radius 2 is 2.15 bits per heavy atom. The molecule has 3 heterocycles. The van der Waals surface area contributed by atoms with E-state index in [-0.39, 0.29) is 18.2 Å². The Bertz CT molecular complexity index is 1300. The summed E-state index contributed by atoms with van der Waals surface area (Å²) in [5, 5.41) is 16.1. The normalized spacial score (nSPS) is 15.7. The lowest BCUT2D eigenvalue weighted by Crippen LogP contribution is -2.29. The van der Waals surface area contributed by atoms with Crippen molar-refractivity contribution in [2.75, 3.05) is 18.4 Å². The van der Waals surface area contributed by atoms with Crippen LogP contribution in [0.2, 0.25) is 0 Å². The van der Waals surface area contributed by atoms with Crippen molar-refractivity contribution in [1.29, 1.82) is 0 Å². The Morgan fingerprint density at radius 3 is 2.82 bits per heavy atom. The van der Waals surface area contributed by atoms with E-state index in [1.54, 1.807) is 32.3 Å². The molecule has 2 aromatic heterocycles. The molecule has 3 aromatic rings. The standard InChI is InChI=1S/C24H25FN6O2/c1-24(2,33)13-28-21-22-27-11-20(31(22)12-19(30-21)15-7-8-26-10-15)14-3-6-17(18(25)9-14)23(32)29-16-4-5-16/h3,6-9,11-12,16,33H,4-5,10,13H2,1-2H3,(H,28,30)(H,29,32). The van der Waals surface area contributed by atoms with Crippen molar-refractivity contribution < 1.29 is 14.3 Å². The maximum Gasteiger partial charge on any atom is 0.254 e. The van der Waals surface area contributed by atoms with E-state index in [0.29, 0.717) is 35.0 Å². The van der Waals surface area contributed by atoms with Gasteiger partial charge in [0.1, 0.15) is 5.82 Å². The van der Waals surface area contributed by atoms with Crippen molar-refractivity contribution in [3.05, 3.63) is 53.7 Å². The van der Waals surface area contributed by atoms with Crippen LogP contribution in [-0.4, -0.2) is 56.3 Å². The summed E-state index contributed by atoms with van der Waals surface area (Å²) in [4.78, 5) is 25.7. The molecule has 0 unspecified atom stereocenters. The Hall–Kier alpha value is -3.59. The van der Waals surface area contributed by atoms with Crippen LogP contribution in [0.3, 0.4) is 0 Å².